The van der Waals surface area contributed by atoms with Crippen LogP contribution in [0.15, 0.2) is 0 Å². The summed E-state index contributed by atoms with van der Waals surface area (Å²) in [4.78, 5) is 33.3. The number of ether oxygens (including phenoxy) is 1. The Morgan fingerprint density at radius 2 is 2.06 bits per heavy atom. The Bertz CT molecular complexity index is 327. The van der Waals surface area contributed by atoms with Gasteiger partial charge in [-0.05, 0) is 19.3 Å². The highest BCUT2D eigenvalue weighted by atomic mass is 16.5. The molecule has 3 N–H and O–H groups in total. The van der Waals surface area contributed by atoms with Crippen LogP contribution in [0.3, 0.4) is 0 Å². The third-order valence-electron chi connectivity index (χ3n) is 2.63. The standard InChI is InChI=1S/C11H18N2O5/c1-18-10(15)5-4-8(11(16)17)13-9(14)6-12-7-2-3-7/h7-8,12H,2-6H2,1H3,(H,13,14)(H,16,17). The number of hydrogen-bond acceptors (Lipinski definition) is 5. The highest BCUT2D eigenvalue weighted by Gasteiger charge is 2.24. The summed E-state index contributed by atoms with van der Waals surface area (Å²) in [7, 11) is 1.23. The molecule has 0 aromatic rings. The molecule has 18 heavy (non-hydrogen) atoms. The van der Waals surface area contributed by atoms with Crippen LogP contribution in [0.25, 0.3) is 0 Å². The van der Waals surface area contributed by atoms with Crippen molar-refractivity contribution in [3.63, 3.8) is 0 Å². The van der Waals surface area contributed by atoms with Crippen molar-refractivity contribution in [3.05, 3.63) is 0 Å². The van der Waals surface area contributed by atoms with Gasteiger partial charge in [0.25, 0.3) is 0 Å². The maximum Gasteiger partial charge on any atom is 0.326 e. The smallest absolute Gasteiger partial charge is 0.326 e. The van der Waals surface area contributed by atoms with E-state index >= 15 is 0 Å². The fraction of sp³-hybridized carbons (Fsp3) is 0.727. The Labute approximate surface area is 105 Å². The van der Waals surface area contributed by atoms with Crippen LogP contribution in [0.5, 0.6) is 0 Å². The molecule has 1 saturated carbocycles. The van der Waals surface area contributed by atoms with Gasteiger partial charge in [0.1, 0.15) is 6.04 Å². The highest BCUT2D eigenvalue weighted by molar-refractivity contribution is 5.85. The first-order valence-corrected chi connectivity index (χ1v) is 5.85. The molecule has 0 saturated heterocycles. The van der Waals surface area contributed by atoms with E-state index < -0.39 is 18.0 Å². The predicted octanol–water partition coefficient (Wildman–Crippen LogP) is -0.739. The number of carbonyl (C=O) groups is 3. The fourth-order valence-corrected chi connectivity index (χ4v) is 1.39. The maximum absolute atomic E-state index is 11.5. The summed E-state index contributed by atoms with van der Waals surface area (Å²) in [5.41, 5.74) is 0. The highest BCUT2D eigenvalue weighted by Crippen LogP contribution is 2.17. The molecule has 0 bridgehead atoms. The molecule has 7 nitrogen and oxygen atoms in total. The van der Waals surface area contributed by atoms with Crippen LogP contribution in [0.1, 0.15) is 25.7 Å². The van der Waals surface area contributed by atoms with Crippen molar-refractivity contribution in [1.29, 1.82) is 0 Å². The lowest BCUT2D eigenvalue weighted by atomic mass is 10.1. The monoisotopic (exact) mass is 258 g/mol. The van der Waals surface area contributed by atoms with E-state index in [-0.39, 0.29) is 25.3 Å². The van der Waals surface area contributed by atoms with Gasteiger partial charge in [-0.1, -0.05) is 0 Å². The molecule has 102 valence electrons. The van der Waals surface area contributed by atoms with E-state index in [2.05, 4.69) is 15.4 Å². The molecule has 7 heteroatoms. The van der Waals surface area contributed by atoms with Gasteiger partial charge in [0, 0.05) is 12.5 Å². The van der Waals surface area contributed by atoms with Crippen LogP contribution in [-0.2, 0) is 19.1 Å². The lowest BCUT2D eigenvalue weighted by Crippen LogP contribution is -2.45. The maximum atomic E-state index is 11.5. The van der Waals surface area contributed by atoms with E-state index in [1.165, 1.54) is 7.11 Å². The third-order valence-corrected chi connectivity index (χ3v) is 2.63. The van der Waals surface area contributed by atoms with Gasteiger partial charge in [-0.2, -0.15) is 0 Å². The fourth-order valence-electron chi connectivity index (χ4n) is 1.39. The SMILES string of the molecule is COC(=O)CCC(NC(=O)CNC1CC1)C(=O)O. The zero-order valence-corrected chi connectivity index (χ0v) is 10.3. The number of nitrogens with one attached hydrogen (secondary N) is 2. The lowest BCUT2D eigenvalue weighted by Gasteiger charge is -2.14. The van der Waals surface area contributed by atoms with Crippen LogP contribution >= 0.6 is 0 Å². The van der Waals surface area contributed by atoms with E-state index in [9.17, 15) is 14.4 Å². The van der Waals surface area contributed by atoms with Crippen molar-refractivity contribution in [3.8, 4) is 0 Å². The van der Waals surface area contributed by atoms with Crippen molar-refractivity contribution in [2.75, 3.05) is 13.7 Å². The molecule has 1 aliphatic rings. The van der Waals surface area contributed by atoms with Gasteiger partial charge in [0.15, 0.2) is 0 Å². The number of rotatable bonds is 8. The normalized spacial score (nSPS) is 15.8. The molecule has 0 spiro atoms. The Morgan fingerprint density at radius 3 is 2.56 bits per heavy atom. The Hall–Kier alpha value is -1.63. The largest absolute Gasteiger partial charge is 0.480 e. The van der Waals surface area contributed by atoms with Gasteiger partial charge in [0.2, 0.25) is 5.91 Å². The topological polar surface area (TPSA) is 105 Å². The van der Waals surface area contributed by atoms with Crippen molar-refractivity contribution in [2.45, 2.75) is 37.8 Å². The first kappa shape index (κ1) is 14.4. The van der Waals surface area contributed by atoms with Crippen LogP contribution in [-0.4, -0.2) is 48.7 Å². The van der Waals surface area contributed by atoms with Gasteiger partial charge >= 0.3 is 11.9 Å². The molecule has 0 aromatic heterocycles. The van der Waals surface area contributed by atoms with Crippen molar-refractivity contribution in [1.82, 2.24) is 10.6 Å². The molecule has 1 aliphatic carbocycles. The lowest BCUT2D eigenvalue weighted by molar-refractivity contribution is -0.144. The molecule has 0 aliphatic heterocycles. The van der Waals surface area contributed by atoms with Crippen LogP contribution < -0.4 is 10.6 Å². The van der Waals surface area contributed by atoms with Crippen molar-refractivity contribution < 1.29 is 24.2 Å². The number of methoxy groups -OCH3 is 1. The third kappa shape index (κ3) is 5.62. The number of esters is 1. The summed E-state index contributed by atoms with van der Waals surface area (Å²) in [6.45, 7) is 0.104. The average Bonchev–Trinajstić information content (AvgIpc) is 3.14. The molecule has 0 aromatic carbocycles. The number of amides is 1. The molecule has 1 atom stereocenters. The van der Waals surface area contributed by atoms with Crippen LogP contribution in [0, 0.1) is 0 Å². The van der Waals surface area contributed by atoms with Crippen LogP contribution in [0.4, 0.5) is 0 Å². The van der Waals surface area contributed by atoms with Crippen molar-refractivity contribution >= 4 is 17.8 Å². The molecule has 1 amide bonds. The Morgan fingerprint density at radius 1 is 1.39 bits per heavy atom. The van der Waals surface area contributed by atoms with Gasteiger partial charge in [-0.25, -0.2) is 4.79 Å². The molecular formula is C11H18N2O5. The summed E-state index contributed by atoms with van der Waals surface area (Å²) in [5, 5.41) is 14.3. The summed E-state index contributed by atoms with van der Waals surface area (Å²) < 4.78 is 4.42. The number of carboxylic acid groups (broad SMARTS) is 1. The van der Waals surface area contributed by atoms with E-state index in [0.717, 1.165) is 12.8 Å². The molecule has 0 heterocycles. The average molecular weight is 258 g/mol. The number of carboxylic acids is 1. The van der Waals surface area contributed by atoms with Gasteiger partial charge in [0.05, 0.1) is 13.7 Å². The van der Waals surface area contributed by atoms with Crippen molar-refractivity contribution in [2.24, 2.45) is 0 Å². The second-order valence-electron chi connectivity index (χ2n) is 4.23. The first-order chi connectivity index (χ1) is 8.52. The summed E-state index contributed by atoms with van der Waals surface area (Å²) in [6.07, 6.45) is 2.09. The zero-order valence-electron chi connectivity index (χ0n) is 10.3. The predicted molar refractivity (Wildman–Crippen MR) is 61.8 cm³/mol. The minimum absolute atomic E-state index is 0.0250. The molecule has 1 rings (SSSR count). The van der Waals surface area contributed by atoms with Gasteiger partial charge in [-0.15, -0.1) is 0 Å². The summed E-state index contributed by atoms with van der Waals surface area (Å²) >= 11 is 0. The summed E-state index contributed by atoms with van der Waals surface area (Å²) in [6, 6.07) is -0.674. The molecule has 1 unspecified atom stereocenters. The zero-order chi connectivity index (χ0) is 13.5. The molecule has 1 fully saturated rings. The minimum Gasteiger partial charge on any atom is -0.480 e. The number of aliphatic carboxylic acids is 1. The second-order valence-corrected chi connectivity index (χ2v) is 4.23. The van der Waals surface area contributed by atoms with E-state index in [1.54, 1.807) is 0 Å². The molecule has 0 radical (unpaired) electrons. The Balaban J connectivity index is 2.28. The Kier molecular flexibility index (Phi) is 5.57. The van der Waals surface area contributed by atoms with Gasteiger partial charge in [-0.3, -0.25) is 9.59 Å². The second kappa shape index (κ2) is 6.95. The van der Waals surface area contributed by atoms with Gasteiger partial charge < -0.3 is 20.5 Å². The van der Waals surface area contributed by atoms with E-state index in [0.29, 0.717) is 6.04 Å². The summed E-state index contributed by atoms with van der Waals surface area (Å²) in [5.74, 6) is -2.02. The molecular weight excluding hydrogens is 240 g/mol. The minimum atomic E-state index is -1.15. The first-order valence-electron chi connectivity index (χ1n) is 5.85. The number of hydrogen-bond donors (Lipinski definition) is 3. The van der Waals surface area contributed by atoms with Crippen LogP contribution in [0.2, 0.25) is 0 Å². The van der Waals surface area contributed by atoms with E-state index in [1.807, 2.05) is 0 Å². The quantitative estimate of drug-likeness (QED) is 0.495. The van der Waals surface area contributed by atoms with E-state index in [4.69, 9.17) is 5.11 Å². The number of carbonyl (C=O) groups excluding carboxylic acids is 2.